The van der Waals surface area contributed by atoms with Crippen LogP contribution in [0.2, 0.25) is 0 Å². The van der Waals surface area contributed by atoms with Crippen molar-refractivity contribution in [3.05, 3.63) is 27.8 Å². The van der Waals surface area contributed by atoms with Crippen LogP contribution < -0.4 is 9.47 Å². The summed E-state index contributed by atoms with van der Waals surface area (Å²) in [6, 6.07) is 2.63. The number of hydrogen-bond acceptors (Lipinski definition) is 6. The molecule has 1 aromatic rings. The van der Waals surface area contributed by atoms with Crippen molar-refractivity contribution in [1.82, 2.24) is 0 Å². The van der Waals surface area contributed by atoms with E-state index in [4.69, 9.17) is 9.47 Å². The number of aliphatic hydroxyl groups excluding tert-OH is 2. The van der Waals surface area contributed by atoms with E-state index in [-0.39, 0.29) is 17.0 Å². The van der Waals surface area contributed by atoms with E-state index in [0.717, 1.165) is 12.8 Å². The molecule has 2 N–H and O–H groups in total. The summed E-state index contributed by atoms with van der Waals surface area (Å²) in [5.41, 5.74) is -0.0630. The third-order valence-corrected chi connectivity index (χ3v) is 3.68. The average molecular weight is 297 g/mol. The van der Waals surface area contributed by atoms with Crippen molar-refractivity contribution in [3.8, 4) is 11.5 Å². The average Bonchev–Trinajstić information content (AvgIpc) is 2.49. The number of nitrogens with zero attached hydrogens (tertiary/aromatic N) is 1. The molecular formula is C14H19NO6. The van der Waals surface area contributed by atoms with Crippen LogP contribution in [0.1, 0.15) is 31.2 Å². The predicted molar refractivity (Wildman–Crippen MR) is 74.5 cm³/mol. The molecule has 1 aliphatic carbocycles. The van der Waals surface area contributed by atoms with Gasteiger partial charge >= 0.3 is 0 Å². The third kappa shape index (κ3) is 3.43. The summed E-state index contributed by atoms with van der Waals surface area (Å²) in [6.45, 7) is -0.459. The van der Waals surface area contributed by atoms with E-state index in [1.165, 1.54) is 19.2 Å². The Morgan fingerprint density at radius 2 is 2.05 bits per heavy atom. The number of ether oxygens (including phenoxy) is 2. The Kier molecular flexibility index (Phi) is 4.98. The van der Waals surface area contributed by atoms with Gasteiger partial charge in [-0.1, -0.05) is 6.42 Å². The van der Waals surface area contributed by atoms with E-state index in [1.54, 1.807) is 0 Å². The summed E-state index contributed by atoms with van der Waals surface area (Å²) >= 11 is 0. The number of benzene rings is 1. The van der Waals surface area contributed by atoms with Gasteiger partial charge in [0.1, 0.15) is 6.10 Å². The molecule has 1 saturated carbocycles. The molecule has 1 aliphatic rings. The first-order valence-electron chi connectivity index (χ1n) is 6.87. The molecule has 0 aromatic heterocycles. The maximum Gasteiger partial charge on any atom is 0.278 e. The number of nitro benzene ring substituents is 1. The molecule has 0 saturated heterocycles. The Balaban J connectivity index is 2.32. The minimum absolute atomic E-state index is 0.161. The summed E-state index contributed by atoms with van der Waals surface area (Å²) in [6.07, 6.45) is 2.26. The topological polar surface area (TPSA) is 102 Å². The van der Waals surface area contributed by atoms with Gasteiger partial charge in [0.15, 0.2) is 11.5 Å². The van der Waals surface area contributed by atoms with Crippen molar-refractivity contribution in [2.24, 2.45) is 0 Å². The zero-order chi connectivity index (χ0) is 15.4. The molecule has 0 amide bonds. The van der Waals surface area contributed by atoms with E-state index >= 15 is 0 Å². The number of rotatable bonds is 5. The third-order valence-electron chi connectivity index (χ3n) is 3.68. The van der Waals surface area contributed by atoms with Gasteiger partial charge in [-0.3, -0.25) is 10.1 Å². The van der Waals surface area contributed by atoms with Crippen molar-refractivity contribution in [2.75, 3.05) is 7.11 Å². The van der Waals surface area contributed by atoms with Gasteiger partial charge < -0.3 is 19.7 Å². The van der Waals surface area contributed by atoms with Gasteiger partial charge in [0.25, 0.3) is 5.69 Å². The van der Waals surface area contributed by atoms with Crippen LogP contribution in [0, 0.1) is 10.1 Å². The van der Waals surface area contributed by atoms with Gasteiger partial charge in [0, 0.05) is 0 Å². The first-order valence-corrected chi connectivity index (χ1v) is 6.87. The highest BCUT2D eigenvalue weighted by molar-refractivity contribution is 5.54. The lowest BCUT2D eigenvalue weighted by atomic mass is 9.95. The SMILES string of the molecule is COc1cc(CO)c([N+](=O)[O-])cc1OC1CCCCC1O. The minimum atomic E-state index is -0.583. The standard InChI is InChI=1S/C14H19NO6/c1-20-13-6-9(8-16)10(15(18)19)7-14(13)21-12-5-3-2-4-11(12)17/h6-7,11-12,16-17H,2-5,8H2,1H3. The molecule has 116 valence electrons. The maximum atomic E-state index is 11.0. The Bertz CT molecular complexity index is 518. The van der Waals surface area contributed by atoms with Gasteiger partial charge in [-0.25, -0.2) is 0 Å². The van der Waals surface area contributed by atoms with E-state index < -0.39 is 23.7 Å². The van der Waals surface area contributed by atoms with Crippen molar-refractivity contribution in [3.63, 3.8) is 0 Å². The number of nitro groups is 1. The molecule has 0 aliphatic heterocycles. The Morgan fingerprint density at radius 3 is 2.62 bits per heavy atom. The molecule has 21 heavy (non-hydrogen) atoms. The second-order valence-corrected chi connectivity index (χ2v) is 5.06. The van der Waals surface area contributed by atoms with E-state index in [0.29, 0.717) is 18.6 Å². The fraction of sp³-hybridized carbons (Fsp3) is 0.571. The van der Waals surface area contributed by atoms with Gasteiger partial charge in [0.05, 0.1) is 36.4 Å². The lowest BCUT2D eigenvalue weighted by Crippen LogP contribution is -2.34. The Hall–Kier alpha value is -1.86. The molecule has 0 spiro atoms. The lowest BCUT2D eigenvalue weighted by Gasteiger charge is -2.28. The van der Waals surface area contributed by atoms with Gasteiger partial charge in [-0.05, 0) is 25.3 Å². The van der Waals surface area contributed by atoms with Crippen LogP contribution in [-0.2, 0) is 6.61 Å². The van der Waals surface area contributed by atoms with Crippen LogP contribution in [0.15, 0.2) is 12.1 Å². The Labute approximate surface area is 122 Å². The molecule has 2 rings (SSSR count). The second-order valence-electron chi connectivity index (χ2n) is 5.06. The quantitative estimate of drug-likeness (QED) is 0.634. The van der Waals surface area contributed by atoms with Crippen LogP contribution in [0.25, 0.3) is 0 Å². The van der Waals surface area contributed by atoms with Crippen LogP contribution in [0.4, 0.5) is 5.69 Å². The van der Waals surface area contributed by atoms with Crippen molar-refractivity contribution >= 4 is 5.69 Å². The van der Waals surface area contributed by atoms with Crippen molar-refractivity contribution in [2.45, 2.75) is 44.5 Å². The maximum absolute atomic E-state index is 11.0. The monoisotopic (exact) mass is 297 g/mol. The molecule has 0 bridgehead atoms. The highest BCUT2D eigenvalue weighted by Gasteiger charge is 2.27. The highest BCUT2D eigenvalue weighted by atomic mass is 16.6. The van der Waals surface area contributed by atoms with Crippen LogP contribution in [-0.4, -0.2) is 34.5 Å². The fourth-order valence-electron chi connectivity index (χ4n) is 2.52. The number of hydrogen-bond donors (Lipinski definition) is 2. The lowest BCUT2D eigenvalue weighted by molar-refractivity contribution is -0.386. The Morgan fingerprint density at radius 1 is 1.33 bits per heavy atom. The molecule has 7 heteroatoms. The zero-order valence-electron chi connectivity index (χ0n) is 11.8. The smallest absolute Gasteiger partial charge is 0.278 e. The molecule has 0 heterocycles. The second kappa shape index (κ2) is 6.73. The summed E-state index contributed by atoms with van der Waals surface area (Å²) in [5, 5.41) is 30.2. The predicted octanol–water partition coefficient (Wildman–Crippen LogP) is 1.78. The number of aliphatic hydroxyl groups is 2. The molecule has 2 atom stereocenters. The van der Waals surface area contributed by atoms with E-state index in [1.807, 2.05) is 0 Å². The molecule has 7 nitrogen and oxygen atoms in total. The summed E-state index contributed by atoms with van der Waals surface area (Å²) in [4.78, 5) is 10.5. The molecule has 0 radical (unpaired) electrons. The summed E-state index contributed by atoms with van der Waals surface area (Å²) in [7, 11) is 1.42. The van der Waals surface area contributed by atoms with Crippen molar-refractivity contribution in [1.29, 1.82) is 0 Å². The molecule has 1 fully saturated rings. The largest absolute Gasteiger partial charge is 0.493 e. The molecule has 1 aromatic carbocycles. The van der Waals surface area contributed by atoms with E-state index in [9.17, 15) is 20.3 Å². The number of methoxy groups -OCH3 is 1. The molecular weight excluding hydrogens is 278 g/mol. The molecule has 2 unspecified atom stereocenters. The van der Waals surface area contributed by atoms with Crippen LogP contribution in [0.5, 0.6) is 11.5 Å². The van der Waals surface area contributed by atoms with Gasteiger partial charge in [-0.15, -0.1) is 0 Å². The van der Waals surface area contributed by atoms with E-state index in [2.05, 4.69) is 0 Å². The van der Waals surface area contributed by atoms with Crippen LogP contribution in [0.3, 0.4) is 0 Å². The first-order chi connectivity index (χ1) is 10.1. The van der Waals surface area contributed by atoms with Gasteiger partial charge in [-0.2, -0.15) is 0 Å². The normalized spacial score (nSPS) is 21.9. The van der Waals surface area contributed by atoms with Gasteiger partial charge in [0.2, 0.25) is 0 Å². The minimum Gasteiger partial charge on any atom is -0.493 e. The summed E-state index contributed by atoms with van der Waals surface area (Å²) in [5.74, 6) is 0.523. The first kappa shape index (κ1) is 15.5. The zero-order valence-corrected chi connectivity index (χ0v) is 11.8. The summed E-state index contributed by atoms with van der Waals surface area (Å²) < 4.78 is 10.9. The fourth-order valence-corrected chi connectivity index (χ4v) is 2.52. The van der Waals surface area contributed by atoms with Crippen molar-refractivity contribution < 1.29 is 24.6 Å². The van der Waals surface area contributed by atoms with Crippen LogP contribution >= 0.6 is 0 Å². The highest BCUT2D eigenvalue weighted by Crippen LogP contribution is 2.36.